The normalized spacial score (nSPS) is 11.3. The van der Waals surface area contributed by atoms with Crippen LogP contribution in [0.2, 0.25) is 5.02 Å². The molecule has 1 amide bonds. The maximum absolute atomic E-state index is 11.7. The molecule has 0 fully saturated rings. The van der Waals surface area contributed by atoms with E-state index in [2.05, 4.69) is 15.5 Å². The Kier molecular flexibility index (Phi) is 4.53. The van der Waals surface area contributed by atoms with Gasteiger partial charge in [-0.2, -0.15) is 11.3 Å². The Balaban J connectivity index is 1.63. The van der Waals surface area contributed by atoms with Gasteiger partial charge in [0.25, 0.3) is 5.91 Å². The molecular formula is C19H16ClN3O2S. The standard InChI is InChI=1S/C19H16ClN3O2S/c20-13-2-4-16-15(8-13)12(9-22-16)1-3-14-17(7-11-5-6-26-10-11)25-23-18(14)19(21)24/h2,4-6,8-10,22H,1,3,7H2,(H2,21,24). The van der Waals surface area contributed by atoms with Gasteiger partial charge in [0.15, 0.2) is 5.69 Å². The van der Waals surface area contributed by atoms with Crippen molar-refractivity contribution >= 4 is 39.7 Å². The lowest BCUT2D eigenvalue weighted by atomic mass is 10.00. The number of primary amides is 1. The summed E-state index contributed by atoms with van der Waals surface area (Å²) in [7, 11) is 0. The minimum Gasteiger partial charge on any atom is -0.364 e. The van der Waals surface area contributed by atoms with Crippen molar-refractivity contribution in [3.05, 3.63) is 74.4 Å². The molecule has 26 heavy (non-hydrogen) atoms. The second-order valence-corrected chi connectivity index (χ2v) is 7.33. The van der Waals surface area contributed by atoms with Gasteiger partial charge in [0.1, 0.15) is 5.76 Å². The molecule has 4 rings (SSSR count). The first-order valence-electron chi connectivity index (χ1n) is 8.15. The monoisotopic (exact) mass is 385 g/mol. The van der Waals surface area contributed by atoms with Gasteiger partial charge < -0.3 is 15.2 Å². The van der Waals surface area contributed by atoms with Crippen molar-refractivity contribution in [2.75, 3.05) is 0 Å². The number of nitrogens with two attached hydrogens (primary N) is 1. The second kappa shape index (κ2) is 6.97. The minimum atomic E-state index is -0.567. The van der Waals surface area contributed by atoms with Gasteiger partial charge in [0.2, 0.25) is 0 Å². The van der Waals surface area contributed by atoms with Crippen LogP contribution in [0.25, 0.3) is 10.9 Å². The number of hydrogen-bond donors (Lipinski definition) is 2. The zero-order chi connectivity index (χ0) is 18.1. The fraction of sp³-hybridized carbons (Fsp3) is 0.158. The van der Waals surface area contributed by atoms with E-state index in [1.54, 1.807) is 11.3 Å². The van der Waals surface area contributed by atoms with Crippen molar-refractivity contribution in [1.82, 2.24) is 10.1 Å². The Bertz CT molecular complexity index is 1070. The van der Waals surface area contributed by atoms with E-state index < -0.39 is 5.91 Å². The molecule has 3 heterocycles. The summed E-state index contributed by atoms with van der Waals surface area (Å²) in [5, 5.41) is 9.73. The van der Waals surface area contributed by atoms with Crippen LogP contribution in [0.1, 0.15) is 32.9 Å². The van der Waals surface area contributed by atoms with Gasteiger partial charge in [0, 0.05) is 34.1 Å². The van der Waals surface area contributed by atoms with Gasteiger partial charge in [-0.15, -0.1) is 0 Å². The van der Waals surface area contributed by atoms with Crippen molar-refractivity contribution in [1.29, 1.82) is 0 Å². The van der Waals surface area contributed by atoms with E-state index in [0.29, 0.717) is 23.6 Å². The van der Waals surface area contributed by atoms with Crippen LogP contribution in [0.4, 0.5) is 0 Å². The van der Waals surface area contributed by atoms with Gasteiger partial charge in [0.05, 0.1) is 0 Å². The summed E-state index contributed by atoms with van der Waals surface area (Å²) in [6, 6.07) is 7.78. The summed E-state index contributed by atoms with van der Waals surface area (Å²) in [4.78, 5) is 15.0. The summed E-state index contributed by atoms with van der Waals surface area (Å²) in [5.41, 5.74) is 9.75. The number of carbonyl (C=O) groups is 1. The highest BCUT2D eigenvalue weighted by atomic mass is 35.5. The number of H-pyrrole nitrogens is 1. The number of nitrogens with one attached hydrogen (secondary N) is 1. The van der Waals surface area contributed by atoms with Crippen LogP contribution in [0, 0.1) is 0 Å². The molecule has 0 aliphatic rings. The summed E-state index contributed by atoms with van der Waals surface area (Å²) >= 11 is 7.74. The van der Waals surface area contributed by atoms with Crippen LogP contribution in [0.5, 0.6) is 0 Å². The van der Waals surface area contributed by atoms with Crippen molar-refractivity contribution in [2.24, 2.45) is 5.73 Å². The fourth-order valence-corrected chi connectivity index (χ4v) is 3.97. The number of benzene rings is 1. The first-order valence-corrected chi connectivity index (χ1v) is 9.47. The average Bonchev–Trinajstić information content (AvgIpc) is 3.33. The summed E-state index contributed by atoms with van der Waals surface area (Å²) in [5.74, 6) is 0.123. The zero-order valence-corrected chi connectivity index (χ0v) is 15.4. The highest BCUT2D eigenvalue weighted by Crippen LogP contribution is 2.26. The average molecular weight is 386 g/mol. The van der Waals surface area contributed by atoms with E-state index in [1.807, 2.05) is 35.8 Å². The highest BCUT2D eigenvalue weighted by Gasteiger charge is 2.20. The van der Waals surface area contributed by atoms with E-state index in [4.69, 9.17) is 21.9 Å². The Hall–Kier alpha value is -2.57. The van der Waals surface area contributed by atoms with Crippen molar-refractivity contribution in [3.63, 3.8) is 0 Å². The molecular weight excluding hydrogens is 370 g/mol. The Morgan fingerprint density at radius 3 is 2.96 bits per heavy atom. The number of halogens is 1. The lowest BCUT2D eigenvalue weighted by Gasteiger charge is -2.03. The van der Waals surface area contributed by atoms with E-state index in [-0.39, 0.29) is 5.69 Å². The van der Waals surface area contributed by atoms with Crippen LogP contribution in [0.15, 0.2) is 45.7 Å². The van der Waals surface area contributed by atoms with Gasteiger partial charge in [-0.3, -0.25) is 4.79 Å². The molecule has 132 valence electrons. The number of hydrogen-bond acceptors (Lipinski definition) is 4. The number of amides is 1. The quantitative estimate of drug-likeness (QED) is 0.517. The third-order valence-corrected chi connectivity index (χ3v) is 5.39. The Morgan fingerprint density at radius 2 is 2.19 bits per heavy atom. The predicted molar refractivity (Wildman–Crippen MR) is 103 cm³/mol. The minimum absolute atomic E-state index is 0.216. The molecule has 3 N–H and O–H groups in total. The molecule has 0 radical (unpaired) electrons. The first-order chi connectivity index (χ1) is 12.6. The van der Waals surface area contributed by atoms with E-state index in [9.17, 15) is 4.79 Å². The lowest BCUT2D eigenvalue weighted by Crippen LogP contribution is -2.14. The lowest BCUT2D eigenvalue weighted by molar-refractivity contribution is 0.0991. The number of fused-ring (bicyclic) bond motifs is 1. The van der Waals surface area contributed by atoms with Crippen molar-refractivity contribution < 1.29 is 9.32 Å². The van der Waals surface area contributed by atoms with Crippen molar-refractivity contribution in [2.45, 2.75) is 19.3 Å². The molecule has 5 nitrogen and oxygen atoms in total. The topological polar surface area (TPSA) is 84.9 Å². The second-order valence-electron chi connectivity index (χ2n) is 6.11. The molecule has 0 saturated carbocycles. The van der Waals surface area contributed by atoms with E-state index in [1.165, 1.54) is 0 Å². The third kappa shape index (κ3) is 3.25. The Labute approximate surface area is 158 Å². The largest absolute Gasteiger partial charge is 0.364 e. The molecule has 0 atom stereocenters. The fourth-order valence-electron chi connectivity index (χ4n) is 3.13. The Morgan fingerprint density at radius 1 is 1.31 bits per heavy atom. The molecule has 7 heteroatoms. The molecule has 0 aliphatic carbocycles. The van der Waals surface area contributed by atoms with Gasteiger partial charge in [-0.25, -0.2) is 0 Å². The molecule has 3 aromatic heterocycles. The molecule has 0 aliphatic heterocycles. The highest BCUT2D eigenvalue weighted by molar-refractivity contribution is 7.07. The number of aromatic amines is 1. The molecule has 1 aromatic carbocycles. The van der Waals surface area contributed by atoms with Gasteiger partial charge in [-0.05, 0) is 59.0 Å². The number of nitrogens with zero attached hydrogens (tertiary/aromatic N) is 1. The SMILES string of the molecule is NC(=O)c1noc(Cc2ccsc2)c1CCc1c[nH]c2ccc(Cl)cc12. The van der Waals surface area contributed by atoms with E-state index >= 15 is 0 Å². The first kappa shape index (κ1) is 16.9. The van der Waals surface area contributed by atoms with Crippen LogP contribution < -0.4 is 5.73 Å². The van der Waals surface area contributed by atoms with E-state index in [0.717, 1.165) is 34.0 Å². The van der Waals surface area contributed by atoms with Crippen LogP contribution >= 0.6 is 22.9 Å². The molecule has 0 unspecified atom stereocenters. The zero-order valence-electron chi connectivity index (χ0n) is 13.8. The van der Waals surface area contributed by atoms with Crippen LogP contribution in [-0.2, 0) is 19.3 Å². The third-order valence-electron chi connectivity index (χ3n) is 4.42. The number of aromatic nitrogens is 2. The van der Waals surface area contributed by atoms with Crippen LogP contribution in [0.3, 0.4) is 0 Å². The maximum Gasteiger partial charge on any atom is 0.271 e. The molecule has 0 bridgehead atoms. The van der Waals surface area contributed by atoms with Gasteiger partial charge in [-0.1, -0.05) is 16.8 Å². The summed E-state index contributed by atoms with van der Waals surface area (Å²) in [6.07, 6.45) is 3.90. The number of rotatable bonds is 6. The van der Waals surface area contributed by atoms with Crippen LogP contribution in [-0.4, -0.2) is 16.0 Å². The molecule has 0 spiro atoms. The number of thiophene rings is 1. The smallest absolute Gasteiger partial charge is 0.271 e. The number of carbonyl (C=O) groups excluding carboxylic acids is 1. The summed E-state index contributed by atoms with van der Waals surface area (Å²) < 4.78 is 5.43. The summed E-state index contributed by atoms with van der Waals surface area (Å²) in [6.45, 7) is 0. The number of aryl methyl sites for hydroxylation is 1. The van der Waals surface area contributed by atoms with Gasteiger partial charge >= 0.3 is 0 Å². The maximum atomic E-state index is 11.7. The predicted octanol–water partition coefficient (Wildman–Crippen LogP) is 4.35. The van der Waals surface area contributed by atoms with Crippen molar-refractivity contribution in [3.8, 4) is 0 Å². The molecule has 4 aromatic rings. The molecule has 0 saturated heterocycles.